The molecule has 5 nitrogen and oxygen atoms in total. The molecule has 0 aromatic heterocycles. The molecule has 1 rings (SSSR count). The highest BCUT2D eigenvalue weighted by Crippen LogP contribution is 2.32. The van der Waals surface area contributed by atoms with Crippen molar-refractivity contribution in [3.8, 4) is 0 Å². The highest BCUT2D eigenvalue weighted by atomic mass is 16.5. The van der Waals surface area contributed by atoms with Crippen molar-refractivity contribution in [1.82, 2.24) is 4.90 Å². The van der Waals surface area contributed by atoms with Crippen LogP contribution in [0.4, 0.5) is 4.79 Å². The van der Waals surface area contributed by atoms with E-state index in [2.05, 4.69) is 0 Å². The Hall–Kier alpha value is -0.810. The second-order valence-electron chi connectivity index (χ2n) is 5.17. The topological polar surface area (TPSA) is 70.0 Å². The Bertz CT molecular complexity index is 243. The molecule has 0 saturated heterocycles. The summed E-state index contributed by atoms with van der Waals surface area (Å²) >= 11 is 0. The SMILES string of the molecule is CC(C)(C)N(C(=O)O)C1CC(OCCO)C1. The summed E-state index contributed by atoms with van der Waals surface area (Å²) in [4.78, 5) is 12.6. The van der Waals surface area contributed by atoms with Crippen LogP contribution in [0.5, 0.6) is 0 Å². The largest absolute Gasteiger partial charge is 0.465 e. The predicted octanol–water partition coefficient (Wildman–Crippen LogP) is 1.30. The van der Waals surface area contributed by atoms with Crippen molar-refractivity contribution < 1.29 is 19.7 Å². The van der Waals surface area contributed by atoms with Crippen molar-refractivity contribution in [2.45, 2.75) is 51.3 Å². The molecule has 1 aliphatic carbocycles. The number of carbonyl (C=O) groups is 1. The first-order chi connectivity index (χ1) is 7.36. The molecule has 16 heavy (non-hydrogen) atoms. The van der Waals surface area contributed by atoms with Gasteiger partial charge in [0, 0.05) is 11.6 Å². The number of hydrogen-bond donors (Lipinski definition) is 2. The van der Waals surface area contributed by atoms with E-state index in [1.165, 1.54) is 4.90 Å². The van der Waals surface area contributed by atoms with Crippen LogP contribution in [0.2, 0.25) is 0 Å². The Morgan fingerprint density at radius 3 is 2.38 bits per heavy atom. The van der Waals surface area contributed by atoms with E-state index in [4.69, 9.17) is 14.9 Å². The van der Waals surface area contributed by atoms with Gasteiger partial charge in [-0.25, -0.2) is 4.79 Å². The Kier molecular flexibility index (Phi) is 4.15. The third kappa shape index (κ3) is 3.09. The Morgan fingerprint density at radius 1 is 1.44 bits per heavy atom. The highest BCUT2D eigenvalue weighted by molar-refractivity contribution is 5.66. The lowest BCUT2D eigenvalue weighted by molar-refractivity contribution is -0.0703. The number of aliphatic hydroxyl groups is 1. The zero-order valence-electron chi connectivity index (χ0n) is 10.1. The molecule has 0 heterocycles. The van der Waals surface area contributed by atoms with Crippen LogP contribution in [0.3, 0.4) is 0 Å². The molecule has 0 aromatic carbocycles. The molecular weight excluding hydrogens is 210 g/mol. The fraction of sp³-hybridized carbons (Fsp3) is 0.909. The van der Waals surface area contributed by atoms with Gasteiger partial charge in [-0.05, 0) is 33.6 Å². The summed E-state index contributed by atoms with van der Waals surface area (Å²) in [6, 6.07) is 0.0428. The molecule has 0 atom stereocenters. The molecule has 2 N–H and O–H groups in total. The molecular formula is C11H21NO4. The number of nitrogens with zero attached hydrogens (tertiary/aromatic N) is 1. The average Bonchev–Trinajstić information content (AvgIpc) is 2.05. The second kappa shape index (κ2) is 5.01. The van der Waals surface area contributed by atoms with Gasteiger partial charge in [-0.15, -0.1) is 0 Å². The quantitative estimate of drug-likeness (QED) is 0.765. The van der Waals surface area contributed by atoms with Gasteiger partial charge in [0.1, 0.15) is 0 Å². The molecule has 1 saturated carbocycles. The van der Waals surface area contributed by atoms with Gasteiger partial charge in [-0.2, -0.15) is 0 Å². The smallest absolute Gasteiger partial charge is 0.407 e. The van der Waals surface area contributed by atoms with Gasteiger partial charge in [-0.1, -0.05) is 0 Å². The van der Waals surface area contributed by atoms with Gasteiger partial charge in [0.05, 0.1) is 19.3 Å². The third-order valence-corrected chi connectivity index (χ3v) is 2.81. The molecule has 1 fully saturated rings. The lowest BCUT2D eigenvalue weighted by Gasteiger charge is -2.47. The predicted molar refractivity (Wildman–Crippen MR) is 59.5 cm³/mol. The van der Waals surface area contributed by atoms with Gasteiger partial charge < -0.3 is 19.8 Å². The van der Waals surface area contributed by atoms with E-state index in [1.54, 1.807) is 0 Å². The number of amides is 1. The van der Waals surface area contributed by atoms with Crippen LogP contribution in [-0.4, -0.2) is 52.1 Å². The number of ether oxygens (including phenoxy) is 1. The van der Waals surface area contributed by atoms with E-state index in [-0.39, 0.29) is 24.3 Å². The van der Waals surface area contributed by atoms with Crippen molar-refractivity contribution in [3.05, 3.63) is 0 Å². The maximum absolute atomic E-state index is 11.1. The van der Waals surface area contributed by atoms with Gasteiger partial charge in [0.2, 0.25) is 0 Å². The van der Waals surface area contributed by atoms with E-state index < -0.39 is 6.09 Å². The van der Waals surface area contributed by atoms with Crippen LogP contribution in [0.15, 0.2) is 0 Å². The van der Waals surface area contributed by atoms with E-state index in [9.17, 15) is 4.79 Å². The number of hydrogen-bond acceptors (Lipinski definition) is 3. The normalized spacial score (nSPS) is 25.0. The van der Waals surface area contributed by atoms with Gasteiger partial charge in [-0.3, -0.25) is 0 Å². The molecule has 0 unspecified atom stereocenters. The van der Waals surface area contributed by atoms with E-state index >= 15 is 0 Å². The number of rotatable bonds is 4. The molecule has 0 aliphatic heterocycles. The van der Waals surface area contributed by atoms with Crippen LogP contribution in [0.25, 0.3) is 0 Å². The maximum Gasteiger partial charge on any atom is 0.407 e. The molecule has 0 spiro atoms. The number of aliphatic hydroxyl groups excluding tert-OH is 1. The van der Waals surface area contributed by atoms with E-state index in [1.807, 2.05) is 20.8 Å². The molecule has 5 heteroatoms. The van der Waals surface area contributed by atoms with Crippen LogP contribution in [0, 0.1) is 0 Å². The summed E-state index contributed by atoms with van der Waals surface area (Å²) in [5.74, 6) is 0. The molecule has 0 aromatic rings. The van der Waals surface area contributed by atoms with Crippen molar-refractivity contribution in [3.63, 3.8) is 0 Å². The number of carboxylic acid groups (broad SMARTS) is 1. The molecule has 1 aliphatic rings. The standard InChI is InChI=1S/C11H21NO4/c1-11(2,3)12(10(14)15)8-6-9(7-8)16-5-4-13/h8-9,13H,4-7H2,1-3H3,(H,14,15). The van der Waals surface area contributed by atoms with Crippen molar-refractivity contribution in [2.24, 2.45) is 0 Å². The third-order valence-electron chi connectivity index (χ3n) is 2.81. The van der Waals surface area contributed by atoms with Crippen LogP contribution < -0.4 is 0 Å². The van der Waals surface area contributed by atoms with Crippen LogP contribution >= 0.6 is 0 Å². The van der Waals surface area contributed by atoms with Crippen LogP contribution in [-0.2, 0) is 4.74 Å². The summed E-state index contributed by atoms with van der Waals surface area (Å²) in [7, 11) is 0. The minimum atomic E-state index is -0.877. The summed E-state index contributed by atoms with van der Waals surface area (Å²) in [6.45, 7) is 6.03. The van der Waals surface area contributed by atoms with Crippen molar-refractivity contribution in [2.75, 3.05) is 13.2 Å². The highest BCUT2D eigenvalue weighted by Gasteiger charge is 2.41. The zero-order valence-corrected chi connectivity index (χ0v) is 10.1. The minimum Gasteiger partial charge on any atom is -0.465 e. The summed E-state index contributed by atoms with van der Waals surface area (Å²) in [5, 5.41) is 17.7. The van der Waals surface area contributed by atoms with E-state index in [0.717, 1.165) is 12.8 Å². The fourth-order valence-corrected chi connectivity index (χ4v) is 2.09. The van der Waals surface area contributed by atoms with Crippen molar-refractivity contribution in [1.29, 1.82) is 0 Å². The summed E-state index contributed by atoms with van der Waals surface area (Å²) < 4.78 is 5.33. The maximum atomic E-state index is 11.1. The van der Waals surface area contributed by atoms with E-state index in [0.29, 0.717) is 6.61 Å². The molecule has 0 bridgehead atoms. The summed E-state index contributed by atoms with van der Waals surface area (Å²) in [5.41, 5.74) is -0.377. The summed E-state index contributed by atoms with van der Waals surface area (Å²) in [6.07, 6.45) is 0.673. The van der Waals surface area contributed by atoms with Gasteiger partial charge >= 0.3 is 6.09 Å². The first-order valence-electron chi connectivity index (χ1n) is 5.61. The van der Waals surface area contributed by atoms with Gasteiger partial charge in [0.25, 0.3) is 0 Å². The first-order valence-corrected chi connectivity index (χ1v) is 5.61. The Morgan fingerprint density at radius 2 is 2.00 bits per heavy atom. The fourth-order valence-electron chi connectivity index (χ4n) is 2.09. The van der Waals surface area contributed by atoms with Gasteiger partial charge in [0.15, 0.2) is 0 Å². The zero-order chi connectivity index (χ0) is 12.3. The lowest BCUT2D eigenvalue weighted by atomic mass is 9.85. The Balaban J connectivity index is 2.44. The first kappa shape index (κ1) is 13.3. The Labute approximate surface area is 96.0 Å². The lowest BCUT2D eigenvalue weighted by Crippen LogP contribution is -2.57. The molecule has 94 valence electrons. The molecule has 0 radical (unpaired) electrons. The van der Waals surface area contributed by atoms with Crippen molar-refractivity contribution >= 4 is 6.09 Å². The monoisotopic (exact) mass is 231 g/mol. The minimum absolute atomic E-state index is 0.0169. The average molecular weight is 231 g/mol. The second-order valence-corrected chi connectivity index (χ2v) is 5.17. The molecule has 1 amide bonds. The van der Waals surface area contributed by atoms with Crippen LogP contribution in [0.1, 0.15) is 33.6 Å².